The van der Waals surface area contributed by atoms with Crippen molar-refractivity contribution in [3.05, 3.63) is 44.8 Å². The fourth-order valence-electron chi connectivity index (χ4n) is 1.34. The number of aryl methyl sites for hydroxylation is 1. The van der Waals surface area contributed by atoms with Crippen LogP contribution in [0.4, 0.5) is 0 Å². The molecule has 96 valence electrons. The molecule has 0 saturated carbocycles. The van der Waals surface area contributed by atoms with Gasteiger partial charge >= 0.3 is 0 Å². The van der Waals surface area contributed by atoms with Gasteiger partial charge in [-0.3, -0.25) is 4.79 Å². The van der Waals surface area contributed by atoms with Crippen LogP contribution in [0.5, 0.6) is 0 Å². The van der Waals surface area contributed by atoms with E-state index in [0.717, 1.165) is 9.88 Å². The molecule has 0 aliphatic carbocycles. The summed E-state index contributed by atoms with van der Waals surface area (Å²) in [4.78, 5) is 18.5. The van der Waals surface area contributed by atoms with Crippen molar-refractivity contribution < 1.29 is 8.42 Å². The van der Waals surface area contributed by atoms with Crippen molar-refractivity contribution in [2.45, 2.75) is 18.4 Å². The van der Waals surface area contributed by atoms with Crippen LogP contribution in [0.3, 0.4) is 0 Å². The Hall–Kier alpha value is -1.51. The Morgan fingerprint density at radius 2 is 2.28 bits per heavy atom. The molecule has 2 heterocycles. The largest absolute Gasteiger partial charge is 0.366 e. The van der Waals surface area contributed by atoms with Crippen molar-refractivity contribution >= 4 is 21.4 Å². The summed E-state index contributed by atoms with van der Waals surface area (Å²) in [6, 6.07) is 1.17. The molecule has 0 spiro atoms. The first kappa shape index (κ1) is 12.9. The van der Waals surface area contributed by atoms with E-state index >= 15 is 0 Å². The summed E-state index contributed by atoms with van der Waals surface area (Å²) in [7, 11) is -3.79. The fraction of sp³-hybridized carbons (Fsp3) is 0.200. The summed E-state index contributed by atoms with van der Waals surface area (Å²) < 4.78 is 26.1. The monoisotopic (exact) mass is 285 g/mol. The molecule has 8 heteroatoms. The van der Waals surface area contributed by atoms with Gasteiger partial charge in [0.15, 0.2) is 0 Å². The zero-order valence-electron chi connectivity index (χ0n) is 9.50. The first-order valence-corrected chi connectivity index (χ1v) is 7.37. The minimum Gasteiger partial charge on any atom is -0.366 e. The highest BCUT2D eigenvalue weighted by molar-refractivity contribution is 7.89. The van der Waals surface area contributed by atoms with E-state index in [0.29, 0.717) is 0 Å². The number of sulfonamides is 1. The van der Waals surface area contributed by atoms with Gasteiger partial charge in [-0.25, -0.2) is 18.1 Å². The smallest absolute Gasteiger partial charge is 0.246 e. The maximum absolute atomic E-state index is 11.9. The number of aromatic amines is 1. The predicted molar refractivity (Wildman–Crippen MR) is 67.9 cm³/mol. The molecule has 0 aliphatic heterocycles. The van der Waals surface area contributed by atoms with E-state index < -0.39 is 15.5 Å². The van der Waals surface area contributed by atoms with Gasteiger partial charge in [-0.2, -0.15) is 0 Å². The molecule has 0 fully saturated rings. The van der Waals surface area contributed by atoms with Crippen LogP contribution in [0.2, 0.25) is 0 Å². The average Bonchev–Trinajstić information content (AvgIpc) is 2.73. The van der Waals surface area contributed by atoms with Gasteiger partial charge in [0.2, 0.25) is 15.5 Å². The first-order valence-electron chi connectivity index (χ1n) is 5.07. The molecule has 2 aromatic heterocycles. The maximum atomic E-state index is 11.9. The highest BCUT2D eigenvalue weighted by atomic mass is 32.2. The van der Waals surface area contributed by atoms with E-state index in [-0.39, 0.29) is 11.4 Å². The predicted octanol–water partition coefficient (Wildman–Crippen LogP) is 0.618. The molecule has 0 bridgehead atoms. The molecule has 18 heavy (non-hydrogen) atoms. The summed E-state index contributed by atoms with van der Waals surface area (Å²) in [5.74, 6) is 0. The highest BCUT2D eigenvalue weighted by Gasteiger charge is 2.17. The van der Waals surface area contributed by atoms with E-state index in [1.165, 1.54) is 29.8 Å². The molecule has 2 aromatic rings. The van der Waals surface area contributed by atoms with Crippen LogP contribution < -0.4 is 10.2 Å². The third-order valence-electron chi connectivity index (χ3n) is 2.18. The summed E-state index contributed by atoms with van der Waals surface area (Å²) >= 11 is 1.40. The van der Waals surface area contributed by atoms with Crippen molar-refractivity contribution in [1.29, 1.82) is 0 Å². The van der Waals surface area contributed by atoms with E-state index in [2.05, 4.69) is 14.7 Å². The Bertz CT molecular complexity index is 703. The fourth-order valence-corrected chi connectivity index (χ4v) is 3.22. The SMILES string of the molecule is Cc1ncc(CNS(=O)(=O)c2c[nH]ccc2=O)s1. The second kappa shape index (κ2) is 5.01. The third kappa shape index (κ3) is 2.84. The zero-order valence-corrected chi connectivity index (χ0v) is 11.1. The number of aromatic nitrogens is 2. The maximum Gasteiger partial charge on any atom is 0.246 e. The minimum atomic E-state index is -3.79. The van der Waals surface area contributed by atoms with Crippen molar-refractivity contribution in [2.24, 2.45) is 0 Å². The number of thiazole rings is 1. The number of hydrogen-bond acceptors (Lipinski definition) is 5. The van der Waals surface area contributed by atoms with Crippen LogP contribution in [-0.2, 0) is 16.6 Å². The van der Waals surface area contributed by atoms with E-state index in [1.807, 2.05) is 6.92 Å². The normalized spacial score (nSPS) is 11.6. The van der Waals surface area contributed by atoms with Gasteiger partial charge in [-0.15, -0.1) is 11.3 Å². The molecular formula is C10H11N3O3S2. The molecule has 0 unspecified atom stereocenters. The summed E-state index contributed by atoms with van der Waals surface area (Å²) in [5.41, 5.74) is -0.540. The molecule has 0 amide bonds. The van der Waals surface area contributed by atoms with Crippen LogP contribution in [0.1, 0.15) is 9.88 Å². The lowest BCUT2D eigenvalue weighted by Gasteiger charge is -2.03. The van der Waals surface area contributed by atoms with Gasteiger partial charge in [-0.1, -0.05) is 0 Å². The van der Waals surface area contributed by atoms with Gasteiger partial charge in [0, 0.05) is 36.1 Å². The molecule has 0 radical (unpaired) electrons. The molecule has 6 nitrogen and oxygen atoms in total. The molecule has 2 rings (SSSR count). The number of rotatable bonds is 4. The first-order chi connectivity index (χ1) is 8.49. The van der Waals surface area contributed by atoms with Gasteiger partial charge in [0.1, 0.15) is 4.90 Å². The standard InChI is InChI=1S/C10H11N3O3S2/c1-7-12-4-8(17-7)5-13-18(15,16)10-6-11-3-2-9(10)14/h2-4,6,13H,5H2,1H3,(H,11,14). The van der Waals surface area contributed by atoms with Crippen LogP contribution >= 0.6 is 11.3 Å². The van der Waals surface area contributed by atoms with E-state index in [9.17, 15) is 13.2 Å². The summed E-state index contributed by atoms with van der Waals surface area (Å²) in [6.07, 6.45) is 4.16. The lowest BCUT2D eigenvalue weighted by atomic mass is 10.5. The van der Waals surface area contributed by atoms with Crippen molar-refractivity contribution in [3.8, 4) is 0 Å². The summed E-state index contributed by atoms with van der Waals surface area (Å²) in [5, 5.41) is 0.863. The Morgan fingerprint density at radius 1 is 1.50 bits per heavy atom. The molecule has 2 N–H and O–H groups in total. The number of H-pyrrole nitrogens is 1. The van der Waals surface area contributed by atoms with Crippen LogP contribution in [0.15, 0.2) is 34.3 Å². The van der Waals surface area contributed by atoms with Crippen LogP contribution in [-0.4, -0.2) is 18.4 Å². The second-order valence-electron chi connectivity index (χ2n) is 3.54. The van der Waals surface area contributed by atoms with E-state index in [4.69, 9.17) is 0 Å². The van der Waals surface area contributed by atoms with Gasteiger partial charge in [-0.05, 0) is 6.92 Å². The molecular weight excluding hydrogens is 274 g/mol. The number of hydrogen-bond donors (Lipinski definition) is 2. The van der Waals surface area contributed by atoms with Crippen LogP contribution in [0.25, 0.3) is 0 Å². The Labute approximate surface area is 108 Å². The number of nitrogens with one attached hydrogen (secondary N) is 2. The number of nitrogens with zero attached hydrogens (tertiary/aromatic N) is 1. The third-order valence-corrected chi connectivity index (χ3v) is 4.52. The van der Waals surface area contributed by atoms with Crippen LogP contribution in [0, 0.1) is 6.92 Å². The Balaban J connectivity index is 2.18. The molecule has 0 aliphatic rings. The van der Waals surface area contributed by atoms with Gasteiger partial charge in [0.05, 0.1) is 5.01 Å². The topological polar surface area (TPSA) is 91.9 Å². The lowest BCUT2D eigenvalue weighted by molar-refractivity contribution is 0.580. The Kier molecular flexibility index (Phi) is 3.60. The lowest BCUT2D eigenvalue weighted by Crippen LogP contribution is -2.27. The minimum absolute atomic E-state index is 0.127. The van der Waals surface area contributed by atoms with E-state index in [1.54, 1.807) is 6.20 Å². The highest BCUT2D eigenvalue weighted by Crippen LogP contribution is 2.12. The summed E-state index contributed by atoms with van der Waals surface area (Å²) in [6.45, 7) is 1.97. The molecule has 0 aromatic carbocycles. The molecule has 0 atom stereocenters. The second-order valence-corrected chi connectivity index (χ2v) is 6.60. The van der Waals surface area contributed by atoms with Crippen molar-refractivity contribution in [2.75, 3.05) is 0 Å². The number of pyridine rings is 1. The van der Waals surface area contributed by atoms with Gasteiger partial charge in [0.25, 0.3) is 0 Å². The van der Waals surface area contributed by atoms with Crippen molar-refractivity contribution in [3.63, 3.8) is 0 Å². The molecule has 0 saturated heterocycles. The zero-order chi connectivity index (χ0) is 13.2. The average molecular weight is 285 g/mol. The quantitative estimate of drug-likeness (QED) is 0.861. The Morgan fingerprint density at radius 3 is 2.89 bits per heavy atom. The van der Waals surface area contributed by atoms with Crippen molar-refractivity contribution in [1.82, 2.24) is 14.7 Å². The van der Waals surface area contributed by atoms with Gasteiger partial charge < -0.3 is 4.98 Å².